The molecule has 88 valence electrons. The third kappa shape index (κ3) is 2.92. The van der Waals surface area contributed by atoms with Crippen LogP contribution in [0.25, 0.3) is 0 Å². The lowest BCUT2D eigenvalue weighted by molar-refractivity contribution is -0.0201. The normalized spacial score (nSPS) is 39.2. The molecule has 0 aromatic heterocycles. The third-order valence-electron chi connectivity index (χ3n) is 3.79. The zero-order valence-electron chi connectivity index (χ0n) is 10.0. The van der Waals surface area contributed by atoms with Crippen molar-refractivity contribution in [2.24, 2.45) is 0 Å². The van der Waals surface area contributed by atoms with Crippen molar-refractivity contribution in [2.75, 3.05) is 26.2 Å². The van der Waals surface area contributed by atoms with Crippen molar-refractivity contribution < 1.29 is 4.74 Å². The first-order valence-corrected chi connectivity index (χ1v) is 6.35. The van der Waals surface area contributed by atoms with Crippen molar-refractivity contribution in [3.8, 4) is 0 Å². The summed E-state index contributed by atoms with van der Waals surface area (Å²) in [4.78, 5) is 2.63. The maximum Gasteiger partial charge on any atom is 0.0826 e. The van der Waals surface area contributed by atoms with E-state index in [2.05, 4.69) is 24.1 Å². The Balaban J connectivity index is 1.84. The molecular weight excluding hydrogens is 188 g/mol. The molecule has 2 saturated heterocycles. The Morgan fingerprint density at radius 2 is 2.00 bits per heavy atom. The Morgan fingerprint density at radius 3 is 2.60 bits per heavy atom. The van der Waals surface area contributed by atoms with Crippen LogP contribution in [0.5, 0.6) is 0 Å². The van der Waals surface area contributed by atoms with E-state index in [0.29, 0.717) is 6.10 Å². The molecule has 0 saturated carbocycles. The van der Waals surface area contributed by atoms with E-state index in [0.717, 1.165) is 38.3 Å². The standard InChI is InChI=1S/C12H24N2O/c1-10-4-3-5-11(2)14(10)9-12-8-13-6-7-15-12/h10-13H,3-9H2,1-2H3. The van der Waals surface area contributed by atoms with Gasteiger partial charge in [0.1, 0.15) is 0 Å². The molecule has 0 radical (unpaired) electrons. The summed E-state index contributed by atoms with van der Waals surface area (Å²) in [5.74, 6) is 0. The van der Waals surface area contributed by atoms with Gasteiger partial charge >= 0.3 is 0 Å². The van der Waals surface area contributed by atoms with Gasteiger partial charge in [-0.2, -0.15) is 0 Å². The highest BCUT2D eigenvalue weighted by atomic mass is 16.5. The minimum Gasteiger partial charge on any atom is -0.374 e. The topological polar surface area (TPSA) is 24.5 Å². The van der Waals surface area contributed by atoms with Crippen LogP contribution in [0, 0.1) is 0 Å². The first-order chi connectivity index (χ1) is 7.27. The number of likely N-dealkylation sites (tertiary alicyclic amines) is 1. The Morgan fingerprint density at radius 1 is 1.27 bits per heavy atom. The van der Waals surface area contributed by atoms with Crippen LogP contribution in [0.2, 0.25) is 0 Å². The number of rotatable bonds is 2. The quantitative estimate of drug-likeness (QED) is 0.745. The van der Waals surface area contributed by atoms with Gasteiger partial charge in [0.2, 0.25) is 0 Å². The summed E-state index contributed by atoms with van der Waals surface area (Å²) in [5, 5.41) is 3.40. The van der Waals surface area contributed by atoms with E-state index in [-0.39, 0.29) is 0 Å². The van der Waals surface area contributed by atoms with E-state index in [1.807, 2.05) is 0 Å². The van der Waals surface area contributed by atoms with Crippen molar-refractivity contribution in [2.45, 2.75) is 51.3 Å². The van der Waals surface area contributed by atoms with Crippen LogP contribution >= 0.6 is 0 Å². The molecule has 0 amide bonds. The number of hydrogen-bond donors (Lipinski definition) is 1. The fourth-order valence-corrected chi connectivity index (χ4v) is 2.81. The van der Waals surface area contributed by atoms with Crippen LogP contribution in [0.1, 0.15) is 33.1 Å². The van der Waals surface area contributed by atoms with Gasteiger partial charge < -0.3 is 10.1 Å². The highest BCUT2D eigenvalue weighted by molar-refractivity contribution is 4.83. The summed E-state index contributed by atoms with van der Waals surface area (Å²) in [6.45, 7) is 8.73. The first kappa shape index (κ1) is 11.4. The summed E-state index contributed by atoms with van der Waals surface area (Å²) in [6, 6.07) is 1.47. The molecule has 3 atom stereocenters. The van der Waals surface area contributed by atoms with Gasteiger partial charge in [0.05, 0.1) is 12.7 Å². The molecule has 2 aliphatic heterocycles. The smallest absolute Gasteiger partial charge is 0.0826 e. The van der Waals surface area contributed by atoms with Gasteiger partial charge in [-0.1, -0.05) is 6.42 Å². The molecule has 0 aromatic carbocycles. The van der Waals surface area contributed by atoms with Crippen molar-refractivity contribution >= 4 is 0 Å². The van der Waals surface area contributed by atoms with Crippen LogP contribution in [-0.2, 0) is 4.74 Å². The molecule has 0 aromatic rings. The zero-order chi connectivity index (χ0) is 10.7. The minimum atomic E-state index is 0.404. The lowest BCUT2D eigenvalue weighted by atomic mass is 9.97. The van der Waals surface area contributed by atoms with E-state index in [9.17, 15) is 0 Å². The predicted molar refractivity (Wildman–Crippen MR) is 62.1 cm³/mol. The average molecular weight is 212 g/mol. The highest BCUT2D eigenvalue weighted by Gasteiger charge is 2.27. The molecular formula is C12H24N2O. The monoisotopic (exact) mass is 212 g/mol. The third-order valence-corrected chi connectivity index (χ3v) is 3.79. The average Bonchev–Trinajstić information content (AvgIpc) is 2.25. The molecule has 3 nitrogen and oxygen atoms in total. The van der Waals surface area contributed by atoms with Crippen molar-refractivity contribution in [1.82, 2.24) is 10.2 Å². The molecule has 0 spiro atoms. The number of hydrogen-bond acceptors (Lipinski definition) is 3. The Labute approximate surface area is 93.2 Å². The number of nitrogens with zero attached hydrogens (tertiary/aromatic N) is 1. The Hall–Kier alpha value is -0.120. The predicted octanol–water partition coefficient (Wildman–Crippen LogP) is 1.24. The summed E-state index contributed by atoms with van der Waals surface area (Å²) >= 11 is 0. The van der Waals surface area contributed by atoms with Crippen LogP contribution in [0.15, 0.2) is 0 Å². The van der Waals surface area contributed by atoms with Gasteiger partial charge in [0.25, 0.3) is 0 Å². The molecule has 15 heavy (non-hydrogen) atoms. The molecule has 2 fully saturated rings. The molecule has 3 heteroatoms. The van der Waals surface area contributed by atoms with Crippen LogP contribution < -0.4 is 5.32 Å². The summed E-state index contributed by atoms with van der Waals surface area (Å²) in [6.07, 6.45) is 4.50. The van der Waals surface area contributed by atoms with Crippen LogP contribution in [-0.4, -0.2) is 49.3 Å². The maximum atomic E-state index is 5.77. The lowest BCUT2D eigenvalue weighted by Crippen LogP contribution is -2.51. The largest absolute Gasteiger partial charge is 0.374 e. The first-order valence-electron chi connectivity index (χ1n) is 6.35. The van der Waals surface area contributed by atoms with Crippen molar-refractivity contribution in [3.63, 3.8) is 0 Å². The summed E-state index contributed by atoms with van der Waals surface area (Å²) in [7, 11) is 0. The second-order valence-corrected chi connectivity index (χ2v) is 5.02. The molecule has 1 N–H and O–H groups in total. The number of piperidine rings is 1. The van der Waals surface area contributed by atoms with Gasteiger partial charge in [-0.15, -0.1) is 0 Å². The maximum absolute atomic E-state index is 5.77. The van der Waals surface area contributed by atoms with E-state index in [1.54, 1.807) is 0 Å². The van der Waals surface area contributed by atoms with Crippen molar-refractivity contribution in [1.29, 1.82) is 0 Å². The fraction of sp³-hybridized carbons (Fsp3) is 1.00. The second-order valence-electron chi connectivity index (χ2n) is 5.02. The summed E-state index contributed by atoms with van der Waals surface area (Å²) < 4.78 is 5.77. The zero-order valence-corrected chi connectivity index (χ0v) is 10.0. The molecule has 2 rings (SSSR count). The molecule has 0 aliphatic carbocycles. The van der Waals surface area contributed by atoms with Gasteiger partial charge in [-0.05, 0) is 26.7 Å². The minimum absolute atomic E-state index is 0.404. The summed E-state index contributed by atoms with van der Waals surface area (Å²) in [5.41, 5.74) is 0. The van der Waals surface area contributed by atoms with E-state index < -0.39 is 0 Å². The van der Waals surface area contributed by atoms with Gasteiger partial charge in [0.15, 0.2) is 0 Å². The Kier molecular flexibility index (Phi) is 4.00. The lowest BCUT2D eigenvalue weighted by Gasteiger charge is -2.41. The van der Waals surface area contributed by atoms with Crippen LogP contribution in [0.3, 0.4) is 0 Å². The Bertz CT molecular complexity index is 182. The van der Waals surface area contributed by atoms with Gasteiger partial charge in [-0.3, -0.25) is 4.90 Å². The van der Waals surface area contributed by atoms with Crippen LogP contribution in [0.4, 0.5) is 0 Å². The molecule has 2 aliphatic rings. The highest BCUT2D eigenvalue weighted by Crippen LogP contribution is 2.22. The van der Waals surface area contributed by atoms with E-state index in [4.69, 9.17) is 4.74 Å². The fourth-order valence-electron chi connectivity index (χ4n) is 2.81. The SMILES string of the molecule is CC1CCCC(C)N1CC1CNCCO1. The van der Waals surface area contributed by atoms with Gasteiger partial charge in [-0.25, -0.2) is 0 Å². The van der Waals surface area contributed by atoms with Crippen molar-refractivity contribution in [3.05, 3.63) is 0 Å². The molecule has 3 unspecified atom stereocenters. The van der Waals surface area contributed by atoms with E-state index in [1.165, 1.54) is 19.3 Å². The van der Waals surface area contributed by atoms with Gasteiger partial charge in [0, 0.05) is 31.7 Å². The second kappa shape index (κ2) is 5.28. The number of ether oxygens (including phenoxy) is 1. The molecule has 2 heterocycles. The molecule has 0 bridgehead atoms. The van der Waals surface area contributed by atoms with E-state index >= 15 is 0 Å². The number of morpholine rings is 1. The number of nitrogens with one attached hydrogen (secondary N) is 1.